The molecule has 2 heterocycles. The molecular weight excluding hydrogens is 193 g/mol. The molecule has 14 heavy (non-hydrogen) atoms. The largest absolute Gasteiger partial charge is 0.411 e. The number of ether oxygens (including phenoxy) is 1. The number of nitrogens with two attached hydrogens (primary N) is 1. The van der Waals surface area contributed by atoms with Crippen molar-refractivity contribution in [3.63, 3.8) is 0 Å². The number of nitrogens with one attached hydrogen (secondary N) is 1. The van der Waals surface area contributed by atoms with Gasteiger partial charge in [0, 0.05) is 0 Å². The molecule has 0 saturated heterocycles. The molecule has 0 unspecified atom stereocenters. The van der Waals surface area contributed by atoms with Crippen molar-refractivity contribution in [1.82, 2.24) is 19.9 Å². The normalized spacial score (nSPS) is 10.4. The first-order valence-electron chi connectivity index (χ1n) is 3.50. The van der Waals surface area contributed by atoms with Gasteiger partial charge in [0.2, 0.25) is 0 Å². The maximum absolute atomic E-state index is 12.7. The number of H-pyrrole nitrogens is 1. The molecule has 1 amide bonds. The fraction of sp³-hybridized carbons (Fsp3) is 0. The predicted molar refractivity (Wildman–Crippen MR) is 41.9 cm³/mol. The number of carbonyl (C=O) groups excluding carboxylic acids is 1. The average Bonchev–Trinajstić information content (AvgIpc) is 2.50. The van der Waals surface area contributed by atoms with Gasteiger partial charge in [0.1, 0.15) is 5.52 Å². The van der Waals surface area contributed by atoms with Crippen LogP contribution in [0, 0.1) is 6.08 Å². The number of halogens is 1. The van der Waals surface area contributed by atoms with Crippen molar-refractivity contribution in [2.24, 2.45) is 5.73 Å². The molecule has 0 aromatic carbocycles. The van der Waals surface area contributed by atoms with Crippen LogP contribution in [0.15, 0.2) is 6.33 Å². The smallest absolute Gasteiger partial charge is 0.389 e. The van der Waals surface area contributed by atoms with Crippen molar-refractivity contribution < 1.29 is 13.9 Å². The highest BCUT2D eigenvalue weighted by molar-refractivity contribution is 5.79. The number of rotatable bonds is 1. The minimum atomic E-state index is -1.08. The number of primary amides is 1. The highest BCUT2D eigenvalue weighted by Crippen LogP contribution is 2.17. The zero-order chi connectivity index (χ0) is 10.1. The first kappa shape index (κ1) is 8.35. The van der Waals surface area contributed by atoms with E-state index in [0.717, 1.165) is 0 Å². The van der Waals surface area contributed by atoms with E-state index in [-0.39, 0.29) is 17.0 Å². The predicted octanol–water partition coefficient (Wildman–Crippen LogP) is -0.0505. The molecule has 3 N–H and O–H groups in total. The average molecular weight is 197 g/mol. The standard InChI is InChI=1S/C6H4FN5O2/c7-5-11-3-2(9-1-10-3)4(12-5)14-6(8)13/h1H,(H2,8,13)(H,9,10,11,12). The third-order valence-corrected chi connectivity index (χ3v) is 1.42. The molecule has 0 saturated carbocycles. The highest BCUT2D eigenvalue weighted by Gasteiger charge is 2.12. The molecule has 7 nitrogen and oxygen atoms in total. The Hall–Kier alpha value is -2.25. The summed E-state index contributed by atoms with van der Waals surface area (Å²) in [4.78, 5) is 23.3. The zero-order valence-electron chi connectivity index (χ0n) is 6.69. The van der Waals surface area contributed by atoms with E-state index in [0.29, 0.717) is 0 Å². The van der Waals surface area contributed by atoms with E-state index in [9.17, 15) is 9.18 Å². The lowest BCUT2D eigenvalue weighted by atomic mass is 10.5. The molecule has 8 heteroatoms. The Labute approximate surface area is 76.1 Å². The first-order valence-corrected chi connectivity index (χ1v) is 3.50. The summed E-state index contributed by atoms with van der Waals surface area (Å²) in [5.41, 5.74) is 5.03. The van der Waals surface area contributed by atoms with Crippen LogP contribution >= 0.6 is 0 Å². The minimum absolute atomic E-state index is 0.0637. The van der Waals surface area contributed by atoms with Crippen LogP contribution < -0.4 is 10.5 Å². The van der Waals surface area contributed by atoms with Crippen LogP contribution in [-0.4, -0.2) is 26.0 Å². The van der Waals surface area contributed by atoms with Crippen molar-refractivity contribution in [2.75, 3.05) is 0 Å². The first-order chi connectivity index (χ1) is 6.66. The molecular formula is C6H4FN5O2. The van der Waals surface area contributed by atoms with Gasteiger partial charge in [-0.05, 0) is 0 Å². The van der Waals surface area contributed by atoms with Crippen molar-refractivity contribution in [3.8, 4) is 5.88 Å². The van der Waals surface area contributed by atoms with Crippen LogP contribution in [-0.2, 0) is 0 Å². The van der Waals surface area contributed by atoms with E-state index >= 15 is 0 Å². The summed E-state index contributed by atoms with van der Waals surface area (Å²) in [6.07, 6.45) is -0.855. The zero-order valence-corrected chi connectivity index (χ0v) is 6.69. The number of hydrogen-bond acceptors (Lipinski definition) is 5. The van der Waals surface area contributed by atoms with Gasteiger partial charge in [0.25, 0.3) is 5.88 Å². The van der Waals surface area contributed by atoms with Gasteiger partial charge in [-0.2, -0.15) is 14.4 Å². The van der Waals surface area contributed by atoms with Gasteiger partial charge in [-0.25, -0.2) is 9.78 Å². The number of hydrogen-bond donors (Lipinski definition) is 2. The molecule has 72 valence electrons. The molecule has 0 aliphatic heterocycles. The molecule has 0 aliphatic rings. The summed E-state index contributed by atoms with van der Waals surface area (Å²) in [6.45, 7) is 0. The molecule has 2 aromatic rings. The summed E-state index contributed by atoms with van der Waals surface area (Å²) >= 11 is 0. The van der Waals surface area contributed by atoms with E-state index in [1.54, 1.807) is 0 Å². The molecule has 0 aliphatic carbocycles. The number of fused-ring (bicyclic) bond motifs is 1. The van der Waals surface area contributed by atoms with Gasteiger partial charge in [-0.15, -0.1) is 0 Å². The van der Waals surface area contributed by atoms with E-state index in [2.05, 4.69) is 24.7 Å². The van der Waals surface area contributed by atoms with Crippen LogP contribution in [0.1, 0.15) is 0 Å². The molecule has 0 radical (unpaired) electrons. The molecule has 0 fully saturated rings. The summed E-state index contributed by atoms with van der Waals surface area (Å²) in [7, 11) is 0. The summed E-state index contributed by atoms with van der Waals surface area (Å²) in [6, 6.07) is 0. The third-order valence-electron chi connectivity index (χ3n) is 1.42. The van der Waals surface area contributed by atoms with E-state index < -0.39 is 12.2 Å². The Kier molecular flexibility index (Phi) is 1.73. The quantitative estimate of drug-likeness (QED) is 0.623. The van der Waals surface area contributed by atoms with Gasteiger partial charge in [-0.3, -0.25) is 0 Å². The summed E-state index contributed by atoms with van der Waals surface area (Å²) < 4.78 is 17.2. The number of aromatic amines is 1. The van der Waals surface area contributed by atoms with Crippen LogP contribution in [0.3, 0.4) is 0 Å². The number of nitrogens with zero attached hydrogens (tertiary/aromatic N) is 3. The lowest BCUT2D eigenvalue weighted by Gasteiger charge is -1.99. The highest BCUT2D eigenvalue weighted by atomic mass is 19.1. The monoisotopic (exact) mass is 197 g/mol. The Balaban J connectivity index is 2.60. The van der Waals surface area contributed by atoms with Crippen LogP contribution in [0.5, 0.6) is 5.88 Å². The van der Waals surface area contributed by atoms with E-state index in [1.807, 2.05) is 0 Å². The fourth-order valence-corrected chi connectivity index (χ4v) is 0.950. The number of carbonyl (C=O) groups is 1. The summed E-state index contributed by atoms with van der Waals surface area (Å²) in [5, 5.41) is 0. The van der Waals surface area contributed by atoms with Gasteiger partial charge >= 0.3 is 12.2 Å². The van der Waals surface area contributed by atoms with E-state index in [4.69, 9.17) is 5.73 Å². The fourth-order valence-electron chi connectivity index (χ4n) is 0.950. The number of imidazole rings is 1. The van der Waals surface area contributed by atoms with Crippen molar-refractivity contribution >= 4 is 17.3 Å². The Morgan fingerprint density at radius 3 is 3.07 bits per heavy atom. The summed E-state index contributed by atoms with van der Waals surface area (Å²) in [5.74, 6) is -0.280. The maximum Gasteiger partial charge on any atom is 0.411 e. The Morgan fingerprint density at radius 2 is 2.36 bits per heavy atom. The second-order valence-electron chi connectivity index (χ2n) is 2.32. The second kappa shape index (κ2) is 2.91. The SMILES string of the molecule is NC(=O)Oc1nc(F)nc2nc[nH]c12. The van der Waals surface area contributed by atoms with Gasteiger partial charge in [0.15, 0.2) is 5.65 Å². The van der Waals surface area contributed by atoms with E-state index in [1.165, 1.54) is 6.33 Å². The van der Waals surface area contributed by atoms with Crippen LogP contribution in [0.4, 0.5) is 9.18 Å². The number of amides is 1. The van der Waals surface area contributed by atoms with Crippen LogP contribution in [0.25, 0.3) is 11.2 Å². The van der Waals surface area contributed by atoms with Crippen molar-refractivity contribution in [1.29, 1.82) is 0 Å². The molecule has 0 atom stereocenters. The van der Waals surface area contributed by atoms with Gasteiger partial charge < -0.3 is 15.5 Å². The molecule has 0 spiro atoms. The lowest BCUT2D eigenvalue weighted by molar-refractivity contribution is 0.209. The Morgan fingerprint density at radius 1 is 1.57 bits per heavy atom. The maximum atomic E-state index is 12.7. The number of aromatic nitrogens is 4. The molecule has 0 bridgehead atoms. The van der Waals surface area contributed by atoms with Gasteiger partial charge in [0.05, 0.1) is 6.33 Å². The van der Waals surface area contributed by atoms with Crippen molar-refractivity contribution in [2.45, 2.75) is 0 Å². The third kappa shape index (κ3) is 1.32. The minimum Gasteiger partial charge on any atom is -0.389 e. The molecule has 2 rings (SSSR count). The molecule has 2 aromatic heterocycles. The second-order valence-corrected chi connectivity index (χ2v) is 2.32. The lowest BCUT2D eigenvalue weighted by Crippen LogP contribution is -2.17. The van der Waals surface area contributed by atoms with Crippen molar-refractivity contribution in [3.05, 3.63) is 12.4 Å². The van der Waals surface area contributed by atoms with Gasteiger partial charge in [-0.1, -0.05) is 0 Å². The topological polar surface area (TPSA) is 107 Å². The Bertz CT molecular complexity index is 496. The van der Waals surface area contributed by atoms with Crippen LogP contribution in [0.2, 0.25) is 0 Å².